The molecule has 1 amide bonds. The summed E-state index contributed by atoms with van der Waals surface area (Å²) in [6, 6.07) is 16.7. The van der Waals surface area contributed by atoms with E-state index < -0.39 is 22.5 Å². The third-order valence-corrected chi connectivity index (χ3v) is 7.08. The second-order valence-electron chi connectivity index (χ2n) is 7.15. The van der Waals surface area contributed by atoms with E-state index in [9.17, 15) is 13.2 Å². The van der Waals surface area contributed by atoms with Crippen LogP contribution < -0.4 is 9.73 Å². The molecule has 2 aromatic carbocycles. The quantitative estimate of drug-likeness (QED) is 0.328. The lowest BCUT2D eigenvalue weighted by atomic mass is 10.2. The number of aromatic nitrogens is 1. The lowest BCUT2D eigenvalue weighted by Crippen LogP contribution is -2.39. The Morgan fingerprint density at radius 1 is 1.12 bits per heavy atom. The van der Waals surface area contributed by atoms with Crippen LogP contribution in [-0.2, 0) is 14.8 Å². The molecule has 3 aromatic rings. The number of nitrogens with one attached hydrogen (secondary N) is 1. The minimum absolute atomic E-state index is 0.382. The van der Waals surface area contributed by atoms with E-state index in [4.69, 9.17) is 0 Å². The van der Waals surface area contributed by atoms with Gasteiger partial charge in [-0.3, -0.25) is 9.10 Å². The fourth-order valence-corrected chi connectivity index (χ4v) is 5.03. The summed E-state index contributed by atoms with van der Waals surface area (Å²) < 4.78 is 29.2. The average Bonchev–Trinajstić information content (AvgIpc) is 3.00. The number of hydrazone groups is 1. The van der Waals surface area contributed by atoms with Crippen molar-refractivity contribution in [3.05, 3.63) is 80.5 Å². The first-order valence-electron chi connectivity index (χ1n) is 9.57. The summed E-state index contributed by atoms with van der Waals surface area (Å²) in [5, 5.41) is 4.04. The molecule has 7 nitrogen and oxygen atoms in total. The van der Waals surface area contributed by atoms with Crippen molar-refractivity contribution in [2.24, 2.45) is 5.10 Å². The Balaban J connectivity index is 1.74. The van der Waals surface area contributed by atoms with Gasteiger partial charge in [-0.15, -0.1) is 0 Å². The molecule has 10 heteroatoms. The molecule has 3 rings (SSSR count). The Morgan fingerprint density at radius 3 is 2.41 bits per heavy atom. The molecule has 0 atom stereocenters. The molecular weight excluding hydrogens is 560 g/mol. The van der Waals surface area contributed by atoms with Gasteiger partial charge in [0.2, 0.25) is 10.0 Å². The van der Waals surface area contributed by atoms with Crippen molar-refractivity contribution in [2.45, 2.75) is 13.8 Å². The number of hydrogen-bond acceptors (Lipinski definition) is 4. The van der Waals surface area contributed by atoms with Crippen LogP contribution in [0.3, 0.4) is 0 Å². The standard InChI is InChI=1S/C22H22Br2N4O3S/c1-15-12-17(16(2)28(15)19-10-8-18(23)9-11-19)13-25-26-22(29)14-27(32(3,30)31)21-7-5-4-6-20(21)24/h4-13H,14H2,1-3H3,(H,26,29)/b25-13-. The van der Waals surface area contributed by atoms with Crippen LogP contribution in [0.4, 0.5) is 5.69 Å². The van der Waals surface area contributed by atoms with Gasteiger partial charge >= 0.3 is 0 Å². The summed E-state index contributed by atoms with van der Waals surface area (Å²) in [5.74, 6) is -0.552. The first-order chi connectivity index (χ1) is 15.1. The fraction of sp³-hybridized carbons (Fsp3) is 0.182. The smallest absolute Gasteiger partial charge is 0.260 e. The van der Waals surface area contributed by atoms with Crippen molar-refractivity contribution < 1.29 is 13.2 Å². The van der Waals surface area contributed by atoms with Gasteiger partial charge < -0.3 is 4.57 Å². The number of halogens is 2. The molecule has 0 bridgehead atoms. The third-order valence-electron chi connectivity index (χ3n) is 4.76. The van der Waals surface area contributed by atoms with Gasteiger partial charge in [-0.05, 0) is 72.2 Å². The Kier molecular flexibility index (Phi) is 7.58. The van der Waals surface area contributed by atoms with Crippen LogP contribution >= 0.6 is 31.9 Å². The molecule has 0 saturated heterocycles. The van der Waals surface area contributed by atoms with Gasteiger partial charge in [0.25, 0.3) is 5.91 Å². The van der Waals surface area contributed by atoms with Gasteiger partial charge in [0, 0.05) is 31.6 Å². The predicted molar refractivity (Wildman–Crippen MR) is 135 cm³/mol. The highest BCUT2D eigenvalue weighted by Crippen LogP contribution is 2.27. The maximum absolute atomic E-state index is 12.4. The zero-order valence-electron chi connectivity index (χ0n) is 17.7. The minimum Gasteiger partial charge on any atom is -0.318 e. The van der Waals surface area contributed by atoms with Gasteiger partial charge in [0.05, 0.1) is 18.2 Å². The summed E-state index contributed by atoms with van der Waals surface area (Å²) in [4.78, 5) is 12.4. The summed E-state index contributed by atoms with van der Waals surface area (Å²) >= 11 is 6.77. The summed E-state index contributed by atoms with van der Waals surface area (Å²) in [6.07, 6.45) is 2.61. The summed E-state index contributed by atoms with van der Waals surface area (Å²) in [7, 11) is -3.67. The first-order valence-corrected chi connectivity index (χ1v) is 13.0. The third kappa shape index (κ3) is 5.67. The summed E-state index contributed by atoms with van der Waals surface area (Å²) in [6.45, 7) is 3.57. The number of para-hydroxylation sites is 1. The van der Waals surface area contributed by atoms with Crippen LogP contribution in [0.15, 0.2) is 68.6 Å². The molecular formula is C22H22Br2N4O3S. The Morgan fingerprint density at radius 2 is 1.78 bits per heavy atom. The van der Waals surface area contributed by atoms with Crippen LogP contribution in [0.25, 0.3) is 5.69 Å². The second kappa shape index (κ2) is 10.0. The predicted octanol–water partition coefficient (Wildman–Crippen LogP) is 4.54. The SMILES string of the molecule is Cc1cc(/C=N\NC(=O)CN(c2ccccc2Br)S(C)(=O)=O)c(C)n1-c1ccc(Br)cc1. The molecule has 0 aliphatic heterocycles. The van der Waals surface area contributed by atoms with E-state index in [0.29, 0.717) is 10.2 Å². The monoisotopic (exact) mass is 580 g/mol. The van der Waals surface area contributed by atoms with Gasteiger partial charge in [-0.1, -0.05) is 28.1 Å². The number of sulfonamides is 1. The zero-order chi connectivity index (χ0) is 23.5. The highest BCUT2D eigenvalue weighted by molar-refractivity contribution is 9.10. The maximum atomic E-state index is 12.4. The Hall–Kier alpha value is -2.43. The molecule has 1 heterocycles. The number of carbonyl (C=O) groups is 1. The fourth-order valence-electron chi connectivity index (χ4n) is 3.28. The van der Waals surface area contributed by atoms with Gasteiger partial charge in [-0.25, -0.2) is 13.8 Å². The highest BCUT2D eigenvalue weighted by Gasteiger charge is 2.22. The van der Waals surface area contributed by atoms with E-state index in [0.717, 1.165) is 37.7 Å². The van der Waals surface area contributed by atoms with Crippen LogP contribution in [0, 0.1) is 13.8 Å². The van der Waals surface area contributed by atoms with Crippen LogP contribution in [0.5, 0.6) is 0 Å². The molecule has 0 aliphatic rings. The first kappa shape index (κ1) is 24.2. The highest BCUT2D eigenvalue weighted by atomic mass is 79.9. The molecule has 0 fully saturated rings. The van der Waals surface area contributed by atoms with E-state index >= 15 is 0 Å². The molecule has 1 N–H and O–H groups in total. The molecule has 0 unspecified atom stereocenters. The van der Waals surface area contributed by atoms with E-state index in [1.807, 2.05) is 44.2 Å². The molecule has 0 radical (unpaired) electrons. The number of benzene rings is 2. The molecule has 0 saturated carbocycles. The number of rotatable bonds is 7. The van der Waals surface area contributed by atoms with Crippen molar-refractivity contribution in [3.63, 3.8) is 0 Å². The summed E-state index contributed by atoms with van der Waals surface area (Å²) in [5.41, 5.74) is 6.65. The number of carbonyl (C=O) groups excluding carboxylic acids is 1. The van der Waals surface area contributed by atoms with E-state index in [1.54, 1.807) is 30.5 Å². The van der Waals surface area contributed by atoms with Crippen LogP contribution in [-0.4, -0.2) is 37.9 Å². The number of aryl methyl sites for hydroxylation is 1. The van der Waals surface area contributed by atoms with Crippen LogP contribution in [0.1, 0.15) is 17.0 Å². The van der Waals surface area contributed by atoms with Gasteiger partial charge in [0.1, 0.15) is 6.54 Å². The average molecular weight is 582 g/mol. The lowest BCUT2D eigenvalue weighted by molar-refractivity contribution is -0.119. The van der Waals surface area contributed by atoms with Gasteiger partial charge in [0.15, 0.2) is 0 Å². The van der Waals surface area contributed by atoms with E-state index in [1.165, 1.54) is 0 Å². The van der Waals surface area contributed by atoms with E-state index in [2.05, 4.69) is 47.0 Å². The molecule has 0 aliphatic carbocycles. The number of anilines is 1. The molecule has 1 aromatic heterocycles. The number of amides is 1. The van der Waals surface area contributed by atoms with E-state index in [-0.39, 0.29) is 0 Å². The van der Waals surface area contributed by atoms with Crippen molar-refractivity contribution in [3.8, 4) is 5.69 Å². The van der Waals surface area contributed by atoms with Crippen LogP contribution in [0.2, 0.25) is 0 Å². The topological polar surface area (TPSA) is 83.8 Å². The number of hydrogen-bond donors (Lipinski definition) is 1. The lowest BCUT2D eigenvalue weighted by Gasteiger charge is -2.22. The normalized spacial score (nSPS) is 11.7. The molecule has 32 heavy (non-hydrogen) atoms. The zero-order valence-corrected chi connectivity index (χ0v) is 21.7. The van der Waals surface area contributed by atoms with Crippen molar-refractivity contribution in [1.82, 2.24) is 9.99 Å². The maximum Gasteiger partial charge on any atom is 0.260 e. The van der Waals surface area contributed by atoms with Crippen molar-refractivity contribution in [2.75, 3.05) is 17.1 Å². The largest absolute Gasteiger partial charge is 0.318 e. The van der Waals surface area contributed by atoms with Crippen molar-refractivity contribution >= 4 is 59.7 Å². The number of nitrogens with zero attached hydrogens (tertiary/aromatic N) is 3. The van der Waals surface area contributed by atoms with Crippen molar-refractivity contribution in [1.29, 1.82) is 0 Å². The Bertz CT molecular complexity index is 1270. The minimum atomic E-state index is -3.67. The Labute approximate surface area is 204 Å². The van der Waals surface area contributed by atoms with Gasteiger partial charge in [-0.2, -0.15) is 5.10 Å². The molecule has 0 spiro atoms. The molecule has 168 valence electrons. The second-order valence-corrected chi connectivity index (χ2v) is 10.8.